The molecule has 0 fully saturated rings. The lowest BCUT2D eigenvalue weighted by Crippen LogP contribution is -2.23. The fourth-order valence-corrected chi connectivity index (χ4v) is 3.12. The highest BCUT2D eigenvalue weighted by Gasteiger charge is 2.17. The predicted molar refractivity (Wildman–Crippen MR) is 93.3 cm³/mol. The topological polar surface area (TPSA) is 59.8 Å². The summed E-state index contributed by atoms with van der Waals surface area (Å²) in [5, 5.41) is 8.16. The molecule has 5 nitrogen and oxygen atoms in total. The van der Waals surface area contributed by atoms with Gasteiger partial charge in [-0.1, -0.05) is 28.1 Å². The molecule has 2 aromatic heterocycles. The van der Waals surface area contributed by atoms with Gasteiger partial charge in [0, 0.05) is 23.8 Å². The van der Waals surface area contributed by atoms with Crippen LogP contribution in [0.5, 0.6) is 0 Å². The third-order valence-corrected chi connectivity index (χ3v) is 4.18. The van der Waals surface area contributed by atoms with Gasteiger partial charge < -0.3 is 5.32 Å². The molecular formula is C17H17BrN4O. The summed E-state index contributed by atoms with van der Waals surface area (Å²) in [6, 6.07) is 9.69. The van der Waals surface area contributed by atoms with E-state index in [-0.39, 0.29) is 5.91 Å². The second kappa shape index (κ2) is 6.12. The average molecular weight is 373 g/mol. The van der Waals surface area contributed by atoms with Gasteiger partial charge >= 0.3 is 0 Å². The zero-order valence-corrected chi connectivity index (χ0v) is 14.8. The van der Waals surface area contributed by atoms with Crippen LogP contribution in [-0.2, 0) is 13.6 Å². The van der Waals surface area contributed by atoms with Gasteiger partial charge in [0.05, 0.1) is 16.6 Å². The fraction of sp³-hybridized carbons (Fsp3) is 0.235. The van der Waals surface area contributed by atoms with Crippen LogP contribution in [0.15, 0.2) is 34.8 Å². The van der Waals surface area contributed by atoms with Gasteiger partial charge in [0.25, 0.3) is 5.91 Å². The molecule has 2 heterocycles. The summed E-state index contributed by atoms with van der Waals surface area (Å²) in [6.07, 6.45) is 0. The van der Waals surface area contributed by atoms with Crippen LogP contribution in [0.2, 0.25) is 0 Å². The summed E-state index contributed by atoms with van der Waals surface area (Å²) in [5.41, 5.74) is 4.00. The van der Waals surface area contributed by atoms with E-state index in [1.54, 1.807) is 4.68 Å². The summed E-state index contributed by atoms with van der Waals surface area (Å²) in [4.78, 5) is 17.1. The van der Waals surface area contributed by atoms with E-state index >= 15 is 0 Å². The number of nitrogens with one attached hydrogen (secondary N) is 1. The second-order valence-corrected chi connectivity index (χ2v) is 6.45. The standard InChI is InChI=1S/C17H17BrN4O/c1-10-7-14(15-11(2)21-22(3)16(15)20-10)17(23)19-9-12-5-4-6-13(18)8-12/h4-8H,9H2,1-3H3,(H,19,23). The molecule has 0 radical (unpaired) electrons. The summed E-state index contributed by atoms with van der Waals surface area (Å²) in [6.45, 7) is 4.25. The number of rotatable bonds is 3. The first-order chi connectivity index (χ1) is 11.0. The van der Waals surface area contributed by atoms with E-state index in [2.05, 4.69) is 31.3 Å². The highest BCUT2D eigenvalue weighted by molar-refractivity contribution is 9.10. The zero-order chi connectivity index (χ0) is 16.6. The van der Waals surface area contributed by atoms with Crippen LogP contribution in [0.25, 0.3) is 11.0 Å². The Morgan fingerprint density at radius 2 is 2.09 bits per heavy atom. The number of hydrogen-bond acceptors (Lipinski definition) is 3. The van der Waals surface area contributed by atoms with Gasteiger partial charge in [-0.15, -0.1) is 0 Å². The molecule has 118 valence electrons. The van der Waals surface area contributed by atoms with Crippen LogP contribution in [0.1, 0.15) is 27.3 Å². The van der Waals surface area contributed by atoms with Crippen molar-refractivity contribution in [1.82, 2.24) is 20.1 Å². The number of halogens is 1. The zero-order valence-electron chi connectivity index (χ0n) is 13.2. The van der Waals surface area contributed by atoms with E-state index < -0.39 is 0 Å². The van der Waals surface area contributed by atoms with Crippen LogP contribution in [0, 0.1) is 13.8 Å². The Morgan fingerprint density at radius 1 is 1.30 bits per heavy atom. The molecule has 6 heteroatoms. The van der Waals surface area contributed by atoms with Crippen molar-refractivity contribution in [2.24, 2.45) is 7.05 Å². The van der Waals surface area contributed by atoms with Gasteiger partial charge in [0.1, 0.15) is 0 Å². The van der Waals surface area contributed by atoms with Crippen molar-refractivity contribution < 1.29 is 4.79 Å². The summed E-state index contributed by atoms with van der Waals surface area (Å²) in [5.74, 6) is -0.114. The van der Waals surface area contributed by atoms with E-state index in [4.69, 9.17) is 0 Å². The van der Waals surface area contributed by atoms with Gasteiger partial charge in [-0.3, -0.25) is 9.48 Å². The molecule has 3 rings (SSSR count). The number of amides is 1. The SMILES string of the molecule is Cc1cc(C(=O)NCc2cccc(Br)c2)c2c(C)nn(C)c2n1. The lowest BCUT2D eigenvalue weighted by Gasteiger charge is -2.08. The first-order valence-corrected chi connectivity index (χ1v) is 8.08. The summed E-state index contributed by atoms with van der Waals surface area (Å²) in [7, 11) is 1.84. The van der Waals surface area contributed by atoms with Gasteiger partial charge in [-0.05, 0) is 37.6 Å². The third kappa shape index (κ3) is 3.12. The number of carbonyl (C=O) groups excluding carboxylic acids is 1. The quantitative estimate of drug-likeness (QED) is 0.767. The van der Waals surface area contributed by atoms with Crippen LogP contribution < -0.4 is 5.32 Å². The number of benzene rings is 1. The Kier molecular flexibility index (Phi) is 4.17. The number of fused-ring (bicyclic) bond motifs is 1. The summed E-state index contributed by atoms with van der Waals surface area (Å²) >= 11 is 3.44. The van der Waals surface area contributed by atoms with E-state index in [1.165, 1.54) is 0 Å². The first kappa shape index (κ1) is 15.7. The minimum atomic E-state index is -0.114. The Balaban J connectivity index is 1.92. The second-order valence-electron chi connectivity index (χ2n) is 5.53. The molecule has 0 atom stereocenters. The van der Waals surface area contributed by atoms with Gasteiger partial charge in [-0.2, -0.15) is 5.10 Å². The molecule has 0 saturated carbocycles. The van der Waals surface area contributed by atoms with Crippen molar-refractivity contribution >= 4 is 32.9 Å². The lowest BCUT2D eigenvalue weighted by atomic mass is 10.1. The van der Waals surface area contributed by atoms with Crippen LogP contribution in [0.4, 0.5) is 0 Å². The highest BCUT2D eigenvalue weighted by atomic mass is 79.9. The van der Waals surface area contributed by atoms with Crippen LogP contribution in [-0.4, -0.2) is 20.7 Å². The van der Waals surface area contributed by atoms with E-state index in [0.29, 0.717) is 12.1 Å². The van der Waals surface area contributed by atoms with Crippen molar-refractivity contribution in [3.63, 3.8) is 0 Å². The van der Waals surface area contributed by atoms with Crippen molar-refractivity contribution in [3.8, 4) is 0 Å². The number of pyridine rings is 1. The molecule has 0 bridgehead atoms. The van der Waals surface area contributed by atoms with Crippen molar-refractivity contribution in [2.45, 2.75) is 20.4 Å². The molecule has 0 saturated heterocycles. The first-order valence-electron chi connectivity index (χ1n) is 7.29. The molecule has 1 N–H and O–H groups in total. The smallest absolute Gasteiger partial charge is 0.252 e. The Labute approximate surface area is 142 Å². The maximum atomic E-state index is 12.6. The fourth-order valence-electron chi connectivity index (χ4n) is 2.67. The molecule has 0 aliphatic carbocycles. The average Bonchev–Trinajstić information content (AvgIpc) is 2.79. The normalized spacial score (nSPS) is 11.0. The van der Waals surface area contributed by atoms with Crippen molar-refractivity contribution in [3.05, 3.63) is 57.3 Å². The largest absolute Gasteiger partial charge is 0.348 e. The molecule has 23 heavy (non-hydrogen) atoms. The van der Waals surface area contributed by atoms with Crippen LogP contribution in [0.3, 0.4) is 0 Å². The Morgan fingerprint density at radius 3 is 2.83 bits per heavy atom. The summed E-state index contributed by atoms with van der Waals surface area (Å²) < 4.78 is 2.71. The molecule has 1 aromatic carbocycles. The molecule has 0 aliphatic rings. The van der Waals surface area contributed by atoms with Crippen molar-refractivity contribution in [1.29, 1.82) is 0 Å². The Bertz CT molecular complexity index is 901. The number of aryl methyl sites for hydroxylation is 3. The minimum Gasteiger partial charge on any atom is -0.348 e. The molecule has 1 amide bonds. The lowest BCUT2D eigenvalue weighted by molar-refractivity contribution is 0.0952. The maximum Gasteiger partial charge on any atom is 0.252 e. The van der Waals surface area contributed by atoms with Gasteiger partial charge in [0.2, 0.25) is 0 Å². The number of aromatic nitrogens is 3. The maximum absolute atomic E-state index is 12.6. The third-order valence-electron chi connectivity index (χ3n) is 3.68. The number of hydrogen-bond donors (Lipinski definition) is 1. The molecule has 0 aliphatic heterocycles. The molecule has 0 spiro atoms. The van der Waals surface area contributed by atoms with E-state index in [1.807, 2.05) is 51.2 Å². The Hall–Kier alpha value is -2.21. The number of nitrogens with zero attached hydrogens (tertiary/aromatic N) is 3. The minimum absolute atomic E-state index is 0.114. The molecule has 0 unspecified atom stereocenters. The van der Waals surface area contributed by atoms with Gasteiger partial charge in [-0.25, -0.2) is 4.98 Å². The monoisotopic (exact) mass is 372 g/mol. The highest BCUT2D eigenvalue weighted by Crippen LogP contribution is 2.21. The van der Waals surface area contributed by atoms with Gasteiger partial charge in [0.15, 0.2) is 5.65 Å². The predicted octanol–water partition coefficient (Wildman–Crippen LogP) is 3.28. The molecular weight excluding hydrogens is 356 g/mol. The van der Waals surface area contributed by atoms with E-state index in [9.17, 15) is 4.79 Å². The van der Waals surface area contributed by atoms with Crippen LogP contribution >= 0.6 is 15.9 Å². The van der Waals surface area contributed by atoms with E-state index in [0.717, 1.165) is 32.5 Å². The van der Waals surface area contributed by atoms with Crippen molar-refractivity contribution in [2.75, 3.05) is 0 Å². The molecule has 3 aromatic rings. The number of carbonyl (C=O) groups is 1.